The van der Waals surface area contributed by atoms with E-state index in [0.717, 1.165) is 6.07 Å². The molecule has 8 nitrogen and oxygen atoms in total. The van der Waals surface area contributed by atoms with Gasteiger partial charge in [-0.3, -0.25) is 4.79 Å². The van der Waals surface area contributed by atoms with Crippen LogP contribution < -0.4 is 9.64 Å². The maximum atomic E-state index is 13.4. The topological polar surface area (TPSA) is 108 Å². The van der Waals surface area contributed by atoms with Crippen molar-refractivity contribution in [3.05, 3.63) is 53.3 Å². The van der Waals surface area contributed by atoms with Crippen LogP contribution in [0.3, 0.4) is 0 Å². The number of H-pyrrole nitrogens is 2. The van der Waals surface area contributed by atoms with Gasteiger partial charge >= 0.3 is 12.3 Å². The van der Waals surface area contributed by atoms with E-state index in [1.165, 1.54) is 36.3 Å². The van der Waals surface area contributed by atoms with Crippen LogP contribution in [0.5, 0.6) is 11.5 Å². The molecule has 3 heterocycles. The average Bonchev–Trinajstić information content (AvgIpc) is 3.51. The van der Waals surface area contributed by atoms with E-state index in [1.54, 1.807) is 6.07 Å². The van der Waals surface area contributed by atoms with Crippen molar-refractivity contribution in [1.29, 1.82) is 0 Å². The third-order valence-corrected chi connectivity index (χ3v) is 6.28. The van der Waals surface area contributed by atoms with E-state index in [4.69, 9.17) is 16.3 Å². The highest BCUT2D eigenvalue weighted by Crippen LogP contribution is 2.46. The van der Waals surface area contributed by atoms with Crippen LogP contribution in [0.1, 0.15) is 32.5 Å². The standard InChI is InChI=1S/C23H17ClF3N3O5/c1-34-22(33)16-6-13-19-11(8-24)9-30(17(19)7-18(31)20(13)29-16)21(32)15-5-10-4-12(35-23(25,26)27)2-3-14(10)28-15/h2-7,11,28-29,31H,8-9H2,1H3/t11-/m1/s1. The molecule has 5 rings (SSSR count). The summed E-state index contributed by atoms with van der Waals surface area (Å²) in [5.74, 6) is -1.78. The molecule has 0 aliphatic carbocycles. The van der Waals surface area contributed by atoms with Crippen LogP contribution in [0, 0.1) is 0 Å². The van der Waals surface area contributed by atoms with E-state index < -0.39 is 24.0 Å². The fourth-order valence-corrected chi connectivity index (χ4v) is 4.71. The van der Waals surface area contributed by atoms with E-state index in [9.17, 15) is 27.9 Å². The van der Waals surface area contributed by atoms with Gasteiger partial charge in [0.25, 0.3) is 5.91 Å². The van der Waals surface area contributed by atoms with Crippen molar-refractivity contribution in [2.45, 2.75) is 12.3 Å². The van der Waals surface area contributed by atoms with E-state index in [-0.39, 0.29) is 35.5 Å². The normalized spacial score (nSPS) is 15.6. The summed E-state index contributed by atoms with van der Waals surface area (Å²) in [6.45, 7) is 0.201. The second-order valence-corrected chi connectivity index (χ2v) is 8.35. The zero-order chi connectivity index (χ0) is 25.1. The number of fused-ring (bicyclic) bond motifs is 4. The third kappa shape index (κ3) is 3.91. The molecule has 2 aromatic heterocycles. The number of methoxy groups -OCH3 is 1. The smallest absolute Gasteiger partial charge is 0.506 e. The number of alkyl halides is 4. The number of aromatic nitrogens is 2. The Morgan fingerprint density at radius 2 is 1.94 bits per heavy atom. The predicted octanol–water partition coefficient (Wildman–Crippen LogP) is 5.02. The van der Waals surface area contributed by atoms with Gasteiger partial charge in [0.2, 0.25) is 0 Å². The minimum absolute atomic E-state index is 0.134. The van der Waals surface area contributed by atoms with Crippen LogP contribution in [0.4, 0.5) is 18.9 Å². The van der Waals surface area contributed by atoms with Crippen molar-refractivity contribution >= 4 is 51.0 Å². The first-order valence-corrected chi connectivity index (χ1v) is 10.9. The zero-order valence-electron chi connectivity index (χ0n) is 18.0. The lowest BCUT2D eigenvalue weighted by molar-refractivity contribution is -0.274. The Morgan fingerprint density at radius 1 is 1.17 bits per heavy atom. The number of esters is 1. The third-order valence-electron chi connectivity index (χ3n) is 5.91. The predicted molar refractivity (Wildman–Crippen MR) is 121 cm³/mol. The van der Waals surface area contributed by atoms with Gasteiger partial charge in [-0.2, -0.15) is 0 Å². The molecule has 35 heavy (non-hydrogen) atoms. The summed E-state index contributed by atoms with van der Waals surface area (Å²) in [5.41, 5.74) is 2.13. The number of phenols is 1. The van der Waals surface area contributed by atoms with Gasteiger partial charge < -0.3 is 29.4 Å². The highest BCUT2D eigenvalue weighted by atomic mass is 35.5. The number of anilines is 1. The monoisotopic (exact) mass is 507 g/mol. The number of rotatable bonds is 4. The average molecular weight is 508 g/mol. The molecule has 1 aliphatic heterocycles. The van der Waals surface area contributed by atoms with Crippen LogP contribution >= 0.6 is 11.6 Å². The summed E-state index contributed by atoms with van der Waals surface area (Å²) in [6, 6.07) is 8.10. The van der Waals surface area contributed by atoms with E-state index >= 15 is 0 Å². The lowest BCUT2D eigenvalue weighted by atomic mass is 9.98. The van der Waals surface area contributed by atoms with Crippen molar-refractivity contribution in [3.63, 3.8) is 0 Å². The van der Waals surface area contributed by atoms with Gasteiger partial charge in [-0.1, -0.05) is 0 Å². The Balaban J connectivity index is 1.55. The molecule has 0 bridgehead atoms. The molecular weight excluding hydrogens is 491 g/mol. The minimum Gasteiger partial charge on any atom is -0.506 e. The molecule has 0 radical (unpaired) electrons. The molecule has 0 fully saturated rings. The summed E-state index contributed by atoms with van der Waals surface area (Å²) < 4.78 is 46.3. The number of aromatic amines is 2. The second kappa shape index (κ2) is 8.12. The molecule has 1 atom stereocenters. The molecule has 2 aromatic carbocycles. The van der Waals surface area contributed by atoms with Crippen LogP contribution in [0.15, 0.2) is 36.4 Å². The fraction of sp³-hybridized carbons (Fsp3) is 0.217. The summed E-state index contributed by atoms with van der Waals surface area (Å²) in [5, 5.41) is 11.5. The summed E-state index contributed by atoms with van der Waals surface area (Å²) >= 11 is 6.21. The van der Waals surface area contributed by atoms with Crippen LogP contribution in [-0.2, 0) is 4.74 Å². The summed E-state index contributed by atoms with van der Waals surface area (Å²) in [7, 11) is 1.23. The number of halogens is 4. The number of phenolic OH excluding ortho intramolecular Hbond substituents is 1. The number of carbonyl (C=O) groups excluding carboxylic acids is 2. The summed E-state index contributed by atoms with van der Waals surface area (Å²) in [4.78, 5) is 32.6. The highest BCUT2D eigenvalue weighted by Gasteiger charge is 2.36. The molecule has 0 saturated carbocycles. The van der Waals surface area contributed by atoms with Crippen LogP contribution in [-0.4, -0.2) is 52.8 Å². The molecular formula is C23H17ClF3N3O5. The number of hydrogen-bond donors (Lipinski definition) is 3. The maximum absolute atomic E-state index is 13.4. The first-order valence-electron chi connectivity index (χ1n) is 10.3. The van der Waals surface area contributed by atoms with Crippen LogP contribution in [0.2, 0.25) is 0 Å². The van der Waals surface area contributed by atoms with Crippen LogP contribution in [0.25, 0.3) is 21.8 Å². The second-order valence-electron chi connectivity index (χ2n) is 8.04. The zero-order valence-corrected chi connectivity index (χ0v) is 18.8. The summed E-state index contributed by atoms with van der Waals surface area (Å²) in [6.07, 6.45) is -4.84. The Hall–Kier alpha value is -3.86. The first kappa shape index (κ1) is 22.9. The molecule has 0 unspecified atom stereocenters. The molecule has 1 amide bonds. The molecule has 12 heteroatoms. The van der Waals surface area contributed by atoms with Gasteiger partial charge in [-0.25, -0.2) is 4.79 Å². The highest BCUT2D eigenvalue weighted by molar-refractivity contribution is 6.19. The Kier molecular flexibility index (Phi) is 5.32. The fourth-order valence-electron chi connectivity index (χ4n) is 4.46. The number of amides is 1. The first-order chi connectivity index (χ1) is 16.6. The SMILES string of the molecule is COC(=O)c1cc2c3c(cc(O)c2[nH]1)N(C(=O)c1cc2cc(OC(F)(F)F)ccc2[nH]1)C[C@H]3CCl. The number of hydrogen-bond acceptors (Lipinski definition) is 5. The largest absolute Gasteiger partial charge is 0.573 e. The van der Waals surface area contributed by atoms with Crippen molar-refractivity contribution < 1.29 is 37.3 Å². The van der Waals surface area contributed by atoms with Gasteiger partial charge in [-0.15, -0.1) is 24.8 Å². The van der Waals surface area contributed by atoms with E-state index in [0.29, 0.717) is 33.1 Å². The number of benzene rings is 2. The quantitative estimate of drug-likeness (QED) is 0.265. The van der Waals surface area contributed by atoms with Crippen molar-refractivity contribution in [2.24, 2.45) is 0 Å². The molecule has 0 spiro atoms. The Bertz CT molecular complexity index is 1490. The lowest BCUT2D eigenvalue weighted by Crippen LogP contribution is -2.30. The molecule has 3 N–H and O–H groups in total. The number of nitrogens with one attached hydrogen (secondary N) is 2. The Labute approximate surface area is 200 Å². The number of carbonyl (C=O) groups is 2. The van der Waals surface area contributed by atoms with Gasteiger partial charge in [0.15, 0.2) is 0 Å². The molecule has 182 valence electrons. The Morgan fingerprint density at radius 3 is 2.63 bits per heavy atom. The van der Waals surface area contributed by atoms with Crippen molar-refractivity contribution in [1.82, 2.24) is 9.97 Å². The molecule has 0 saturated heterocycles. The van der Waals surface area contributed by atoms with Gasteiger partial charge in [0.05, 0.1) is 18.3 Å². The van der Waals surface area contributed by atoms with E-state index in [2.05, 4.69) is 14.7 Å². The molecule has 4 aromatic rings. The number of ether oxygens (including phenoxy) is 2. The van der Waals surface area contributed by atoms with E-state index in [1.807, 2.05) is 0 Å². The van der Waals surface area contributed by atoms with Gasteiger partial charge in [0.1, 0.15) is 22.9 Å². The minimum atomic E-state index is -4.84. The van der Waals surface area contributed by atoms with Crippen molar-refractivity contribution in [3.8, 4) is 11.5 Å². The van der Waals surface area contributed by atoms with Gasteiger partial charge in [0, 0.05) is 40.7 Å². The number of nitrogens with zero attached hydrogens (tertiary/aromatic N) is 1. The molecule has 1 aliphatic rings. The van der Waals surface area contributed by atoms with Gasteiger partial charge in [-0.05, 0) is 35.9 Å². The lowest BCUT2D eigenvalue weighted by Gasteiger charge is -2.17. The van der Waals surface area contributed by atoms with Crippen molar-refractivity contribution in [2.75, 3.05) is 24.4 Å². The maximum Gasteiger partial charge on any atom is 0.573 e. The number of aromatic hydroxyl groups is 1.